The second-order valence-electron chi connectivity index (χ2n) is 4.98. The first-order valence-corrected chi connectivity index (χ1v) is 7.24. The van der Waals surface area contributed by atoms with Gasteiger partial charge in [0.15, 0.2) is 0 Å². The normalized spacial score (nSPS) is 18.1. The Morgan fingerprint density at radius 2 is 2.11 bits per heavy atom. The number of anilines is 1. The monoisotopic (exact) mass is 312 g/mol. The zero-order chi connectivity index (χ0) is 13.0. The van der Waals surface area contributed by atoms with Crippen LogP contribution >= 0.6 is 15.9 Å². The molecule has 0 amide bonds. The van der Waals surface area contributed by atoms with Crippen LogP contribution in [-0.2, 0) is 11.3 Å². The van der Waals surface area contributed by atoms with Crippen LogP contribution in [0.5, 0.6) is 0 Å². The molecular formula is C14H21BrN2O. The second kappa shape index (κ2) is 6.55. The fraction of sp³-hybridized carbons (Fsp3) is 0.571. The van der Waals surface area contributed by atoms with E-state index < -0.39 is 0 Å². The summed E-state index contributed by atoms with van der Waals surface area (Å²) in [6, 6.07) is 6.01. The fourth-order valence-electron chi connectivity index (χ4n) is 2.51. The van der Waals surface area contributed by atoms with Crippen molar-refractivity contribution in [1.29, 1.82) is 0 Å². The lowest BCUT2D eigenvalue weighted by molar-refractivity contribution is 0.0968. The van der Waals surface area contributed by atoms with Crippen LogP contribution in [0.3, 0.4) is 0 Å². The van der Waals surface area contributed by atoms with Crippen LogP contribution in [-0.4, -0.2) is 31.7 Å². The minimum absolute atomic E-state index is 0.725. The topological polar surface area (TPSA) is 38.5 Å². The first-order valence-electron chi connectivity index (χ1n) is 6.45. The Kier molecular flexibility index (Phi) is 5.03. The van der Waals surface area contributed by atoms with Gasteiger partial charge >= 0.3 is 0 Å². The number of halogens is 1. The van der Waals surface area contributed by atoms with E-state index >= 15 is 0 Å². The number of benzene rings is 1. The van der Waals surface area contributed by atoms with E-state index in [-0.39, 0.29) is 0 Å². The lowest BCUT2D eigenvalue weighted by Gasteiger charge is -2.32. The number of ether oxygens (including phenoxy) is 1. The summed E-state index contributed by atoms with van der Waals surface area (Å²) >= 11 is 3.58. The maximum Gasteiger partial charge on any atom is 0.0491 e. The van der Waals surface area contributed by atoms with Gasteiger partial charge in [0.25, 0.3) is 0 Å². The van der Waals surface area contributed by atoms with Crippen molar-refractivity contribution in [2.24, 2.45) is 5.92 Å². The van der Waals surface area contributed by atoms with Gasteiger partial charge in [-0.15, -0.1) is 0 Å². The molecule has 0 bridgehead atoms. The van der Waals surface area contributed by atoms with Crippen molar-refractivity contribution in [2.75, 3.05) is 32.5 Å². The summed E-state index contributed by atoms with van der Waals surface area (Å²) in [5.74, 6) is 0.725. The predicted molar refractivity (Wildman–Crippen MR) is 78.4 cm³/mol. The summed E-state index contributed by atoms with van der Waals surface area (Å²) in [6.45, 7) is 4.10. The van der Waals surface area contributed by atoms with E-state index in [1.807, 2.05) is 12.1 Å². The van der Waals surface area contributed by atoms with Gasteiger partial charge in [0, 0.05) is 36.0 Å². The Labute approximate surface area is 117 Å². The molecule has 18 heavy (non-hydrogen) atoms. The summed E-state index contributed by atoms with van der Waals surface area (Å²) in [6.07, 6.45) is 2.44. The number of piperidine rings is 1. The maximum atomic E-state index is 6.04. The Morgan fingerprint density at radius 3 is 2.72 bits per heavy atom. The van der Waals surface area contributed by atoms with Crippen LogP contribution in [0.15, 0.2) is 22.7 Å². The van der Waals surface area contributed by atoms with Crippen molar-refractivity contribution < 1.29 is 4.74 Å². The summed E-state index contributed by atoms with van der Waals surface area (Å²) in [7, 11) is 1.79. The summed E-state index contributed by atoms with van der Waals surface area (Å²) in [5.41, 5.74) is 8.13. The molecule has 1 aromatic carbocycles. The van der Waals surface area contributed by atoms with E-state index in [0.29, 0.717) is 0 Å². The van der Waals surface area contributed by atoms with Crippen molar-refractivity contribution in [3.63, 3.8) is 0 Å². The van der Waals surface area contributed by atoms with E-state index in [1.165, 1.54) is 18.4 Å². The first kappa shape index (κ1) is 13.8. The van der Waals surface area contributed by atoms with Crippen LogP contribution in [0.25, 0.3) is 0 Å². The molecule has 0 aliphatic carbocycles. The SMILES string of the molecule is COCC1CCN(Cc2c(N)cccc2Br)CC1. The maximum absolute atomic E-state index is 6.04. The molecule has 4 heteroatoms. The standard InChI is InChI=1S/C14H21BrN2O/c1-18-10-11-5-7-17(8-6-11)9-12-13(15)3-2-4-14(12)16/h2-4,11H,5-10,16H2,1H3. The third kappa shape index (κ3) is 3.46. The highest BCUT2D eigenvalue weighted by Crippen LogP contribution is 2.26. The highest BCUT2D eigenvalue weighted by Gasteiger charge is 2.20. The molecule has 0 unspecified atom stereocenters. The van der Waals surface area contributed by atoms with Crippen molar-refractivity contribution in [1.82, 2.24) is 4.90 Å². The number of rotatable bonds is 4. The Bertz CT molecular complexity index is 369. The van der Waals surface area contributed by atoms with Crippen LogP contribution in [0.1, 0.15) is 18.4 Å². The largest absolute Gasteiger partial charge is 0.398 e. The quantitative estimate of drug-likeness (QED) is 0.869. The molecule has 1 aliphatic rings. The molecule has 1 heterocycles. The minimum Gasteiger partial charge on any atom is -0.398 e. The molecule has 1 aromatic rings. The number of nitrogens with zero attached hydrogens (tertiary/aromatic N) is 1. The average Bonchev–Trinajstić information content (AvgIpc) is 2.36. The summed E-state index contributed by atoms with van der Waals surface area (Å²) in [5, 5.41) is 0. The molecule has 0 atom stereocenters. The van der Waals surface area contributed by atoms with E-state index in [4.69, 9.17) is 10.5 Å². The molecule has 3 nitrogen and oxygen atoms in total. The van der Waals surface area contributed by atoms with Crippen LogP contribution < -0.4 is 5.73 Å². The molecule has 1 fully saturated rings. The highest BCUT2D eigenvalue weighted by molar-refractivity contribution is 9.10. The number of likely N-dealkylation sites (tertiary alicyclic amines) is 1. The smallest absolute Gasteiger partial charge is 0.0491 e. The zero-order valence-corrected chi connectivity index (χ0v) is 12.4. The van der Waals surface area contributed by atoms with Crippen LogP contribution in [0.2, 0.25) is 0 Å². The van der Waals surface area contributed by atoms with Crippen LogP contribution in [0, 0.1) is 5.92 Å². The molecule has 0 aromatic heterocycles. The van der Waals surface area contributed by atoms with Gasteiger partial charge in [-0.2, -0.15) is 0 Å². The van der Waals surface area contributed by atoms with Crippen molar-refractivity contribution in [3.8, 4) is 0 Å². The van der Waals surface area contributed by atoms with Crippen molar-refractivity contribution in [2.45, 2.75) is 19.4 Å². The predicted octanol–water partition coefficient (Wildman–Crippen LogP) is 2.89. The highest BCUT2D eigenvalue weighted by atomic mass is 79.9. The molecule has 0 radical (unpaired) electrons. The van der Waals surface area contributed by atoms with E-state index in [1.54, 1.807) is 7.11 Å². The van der Waals surface area contributed by atoms with E-state index in [0.717, 1.165) is 42.3 Å². The number of hydrogen-bond acceptors (Lipinski definition) is 3. The Hall–Kier alpha value is -0.580. The summed E-state index contributed by atoms with van der Waals surface area (Å²) < 4.78 is 6.34. The van der Waals surface area contributed by atoms with Gasteiger partial charge in [-0.1, -0.05) is 22.0 Å². The van der Waals surface area contributed by atoms with Gasteiger partial charge in [-0.05, 0) is 44.0 Å². The second-order valence-corrected chi connectivity index (χ2v) is 5.84. The van der Waals surface area contributed by atoms with Crippen molar-refractivity contribution >= 4 is 21.6 Å². The molecule has 100 valence electrons. The van der Waals surface area contributed by atoms with Crippen molar-refractivity contribution in [3.05, 3.63) is 28.2 Å². The number of nitrogen functional groups attached to an aromatic ring is 1. The molecule has 1 aliphatic heterocycles. The molecule has 2 N–H and O–H groups in total. The third-order valence-electron chi connectivity index (χ3n) is 3.65. The molecule has 1 saturated heterocycles. The lowest BCUT2D eigenvalue weighted by Crippen LogP contribution is -2.34. The van der Waals surface area contributed by atoms with Gasteiger partial charge in [0.05, 0.1) is 0 Å². The summed E-state index contributed by atoms with van der Waals surface area (Å²) in [4.78, 5) is 2.47. The molecule has 0 spiro atoms. The average molecular weight is 313 g/mol. The lowest BCUT2D eigenvalue weighted by atomic mass is 9.97. The third-order valence-corrected chi connectivity index (χ3v) is 4.39. The fourth-order valence-corrected chi connectivity index (χ4v) is 3.02. The molecular weight excluding hydrogens is 292 g/mol. The number of nitrogens with two attached hydrogens (primary N) is 1. The van der Waals surface area contributed by atoms with Gasteiger partial charge in [-0.3, -0.25) is 4.90 Å². The van der Waals surface area contributed by atoms with Gasteiger partial charge in [0.2, 0.25) is 0 Å². The molecule has 2 rings (SSSR count). The van der Waals surface area contributed by atoms with Crippen LogP contribution in [0.4, 0.5) is 5.69 Å². The van der Waals surface area contributed by atoms with E-state index in [2.05, 4.69) is 26.9 Å². The van der Waals surface area contributed by atoms with Gasteiger partial charge < -0.3 is 10.5 Å². The van der Waals surface area contributed by atoms with E-state index in [9.17, 15) is 0 Å². The minimum atomic E-state index is 0.725. The number of methoxy groups -OCH3 is 1. The number of hydrogen-bond donors (Lipinski definition) is 1. The zero-order valence-electron chi connectivity index (χ0n) is 10.9. The van der Waals surface area contributed by atoms with Gasteiger partial charge in [0.1, 0.15) is 0 Å². The molecule has 0 saturated carbocycles. The Morgan fingerprint density at radius 1 is 1.39 bits per heavy atom. The Balaban J connectivity index is 1.92. The van der Waals surface area contributed by atoms with Gasteiger partial charge in [-0.25, -0.2) is 0 Å². The first-order chi connectivity index (χ1) is 8.70.